The van der Waals surface area contributed by atoms with Crippen molar-refractivity contribution in [1.82, 2.24) is 10.6 Å². The third kappa shape index (κ3) is 8.17. The van der Waals surface area contributed by atoms with Crippen LogP contribution < -0.4 is 15.4 Å². The highest BCUT2D eigenvalue weighted by atomic mass is 16.5. The van der Waals surface area contributed by atoms with Gasteiger partial charge in [-0.05, 0) is 31.9 Å². The molecule has 0 aliphatic heterocycles. The summed E-state index contributed by atoms with van der Waals surface area (Å²) in [5.41, 5.74) is 2.23. The van der Waals surface area contributed by atoms with Crippen LogP contribution in [0.2, 0.25) is 0 Å². The van der Waals surface area contributed by atoms with Crippen molar-refractivity contribution in [2.45, 2.75) is 26.8 Å². The number of rotatable bonds is 11. The number of benzene rings is 1. The van der Waals surface area contributed by atoms with E-state index in [0.29, 0.717) is 19.8 Å². The van der Waals surface area contributed by atoms with Gasteiger partial charge >= 0.3 is 0 Å². The Morgan fingerprint density at radius 2 is 1.88 bits per heavy atom. The zero-order valence-electron chi connectivity index (χ0n) is 15.4. The fourth-order valence-electron chi connectivity index (χ4n) is 2.09. The first-order valence-electron chi connectivity index (χ1n) is 8.43. The molecule has 24 heavy (non-hydrogen) atoms. The lowest BCUT2D eigenvalue weighted by molar-refractivity contribution is 0.145. The van der Waals surface area contributed by atoms with E-state index in [1.807, 2.05) is 6.07 Å². The van der Waals surface area contributed by atoms with Gasteiger partial charge in [-0.3, -0.25) is 0 Å². The van der Waals surface area contributed by atoms with Crippen LogP contribution >= 0.6 is 0 Å². The minimum Gasteiger partial charge on any atom is -0.491 e. The predicted octanol–water partition coefficient (Wildman–Crippen LogP) is 2.11. The second-order valence-electron chi connectivity index (χ2n) is 5.42. The zero-order chi connectivity index (χ0) is 17.6. The Balaban J connectivity index is 2.69. The topological polar surface area (TPSA) is 64.1 Å². The maximum Gasteiger partial charge on any atom is 0.191 e. The normalized spacial score (nSPS) is 11.4. The molecule has 0 aliphatic rings. The van der Waals surface area contributed by atoms with E-state index in [4.69, 9.17) is 14.2 Å². The van der Waals surface area contributed by atoms with Gasteiger partial charge in [0.25, 0.3) is 0 Å². The van der Waals surface area contributed by atoms with E-state index in [1.54, 1.807) is 14.2 Å². The Morgan fingerprint density at radius 3 is 2.58 bits per heavy atom. The molecule has 6 nitrogen and oxygen atoms in total. The molecule has 1 aromatic carbocycles. The lowest BCUT2D eigenvalue weighted by Gasteiger charge is -2.13. The summed E-state index contributed by atoms with van der Waals surface area (Å²) in [5, 5.41) is 6.56. The van der Waals surface area contributed by atoms with Crippen molar-refractivity contribution in [2.24, 2.45) is 4.99 Å². The molecule has 0 heterocycles. The standard InChI is InChI=1S/C18H31N3O3/c1-5-19-18(20-9-6-10-22-3)21-14-16-8-7-15(2)13-17(16)24-12-11-23-4/h7-8,13H,5-6,9-12,14H2,1-4H3,(H2,19,20,21). The second-order valence-corrected chi connectivity index (χ2v) is 5.42. The van der Waals surface area contributed by atoms with Gasteiger partial charge in [-0.2, -0.15) is 0 Å². The number of nitrogens with one attached hydrogen (secondary N) is 2. The van der Waals surface area contributed by atoms with Crippen LogP contribution in [0.1, 0.15) is 24.5 Å². The third-order valence-electron chi connectivity index (χ3n) is 3.34. The van der Waals surface area contributed by atoms with Crippen LogP contribution in [0.5, 0.6) is 5.75 Å². The van der Waals surface area contributed by atoms with Crippen LogP contribution in [-0.4, -0.2) is 53.1 Å². The number of aliphatic imine (C=N–C) groups is 1. The molecule has 0 atom stereocenters. The van der Waals surface area contributed by atoms with Crippen LogP contribution in [0.4, 0.5) is 0 Å². The predicted molar refractivity (Wildman–Crippen MR) is 97.9 cm³/mol. The third-order valence-corrected chi connectivity index (χ3v) is 3.34. The van der Waals surface area contributed by atoms with Gasteiger partial charge in [-0.15, -0.1) is 0 Å². The van der Waals surface area contributed by atoms with E-state index in [1.165, 1.54) is 5.56 Å². The van der Waals surface area contributed by atoms with E-state index < -0.39 is 0 Å². The summed E-state index contributed by atoms with van der Waals surface area (Å²) in [5.74, 6) is 1.67. The summed E-state index contributed by atoms with van der Waals surface area (Å²) < 4.78 is 15.9. The van der Waals surface area contributed by atoms with Crippen LogP contribution in [0.3, 0.4) is 0 Å². The van der Waals surface area contributed by atoms with Gasteiger partial charge in [0.2, 0.25) is 0 Å². The number of nitrogens with zero attached hydrogens (tertiary/aromatic N) is 1. The van der Waals surface area contributed by atoms with Crippen molar-refractivity contribution in [3.05, 3.63) is 29.3 Å². The lowest BCUT2D eigenvalue weighted by Crippen LogP contribution is -2.38. The number of hydrogen-bond acceptors (Lipinski definition) is 4. The number of hydrogen-bond donors (Lipinski definition) is 2. The Kier molecular flexibility index (Phi) is 10.6. The highest BCUT2D eigenvalue weighted by molar-refractivity contribution is 5.79. The molecule has 2 N–H and O–H groups in total. The molecule has 0 unspecified atom stereocenters. The lowest BCUT2D eigenvalue weighted by atomic mass is 10.1. The van der Waals surface area contributed by atoms with Crippen LogP contribution in [0.25, 0.3) is 0 Å². The Hall–Kier alpha value is -1.79. The first-order chi connectivity index (χ1) is 11.7. The molecular formula is C18H31N3O3. The molecule has 0 radical (unpaired) electrons. The van der Waals surface area contributed by atoms with Crippen molar-refractivity contribution < 1.29 is 14.2 Å². The summed E-state index contributed by atoms with van der Waals surface area (Å²) in [7, 11) is 3.38. The highest BCUT2D eigenvalue weighted by Gasteiger charge is 2.05. The highest BCUT2D eigenvalue weighted by Crippen LogP contribution is 2.21. The minimum absolute atomic E-state index is 0.534. The first kappa shape index (κ1) is 20.3. The molecule has 0 aliphatic carbocycles. The summed E-state index contributed by atoms with van der Waals surface area (Å²) >= 11 is 0. The van der Waals surface area contributed by atoms with E-state index in [0.717, 1.165) is 43.4 Å². The molecule has 0 spiro atoms. The number of aryl methyl sites for hydroxylation is 1. The van der Waals surface area contributed by atoms with E-state index in [9.17, 15) is 0 Å². The average Bonchev–Trinajstić information content (AvgIpc) is 2.58. The number of guanidine groups is 1. The maximum absolute atomic E-state index is 5.81. The molecule has 0 saturated heterocycles. The van der Waals surface area contributed by atoms with Crippen molar-refractivity contribution in [3.8, 4) is 5.75 Å². The smallest absolute Gasteiger partial charge is 0.191 e. The molecule has 1 rings (SSSR count). The van der Waals surface area contributed by atoms with Crippen LogP contribution in [0.15, 0.2) is 23.2 Å². The SMILES string of the molecule is CCNC(=NCc1ccc(C)cc1OCCOC)NCCCOC. The molecule has 136 valence electrons. The van der Waals surface area contributed by atoms with Crippen molar-refractivity contribution in [1.29, 1.82) is 0 Å². The monoisotopic (exact) mass is 337 g/mol. The van der Waals surface area contributed by atoms with Gasteiger partial charge in [0, 0.05) is 39.5 Å². The minimum atomic E-state index is 0.534. The van der Waals surface area contributed by atoms with Gasteiger partial charge in [0.05, 0.1) is 13.2 Å². The maximum atomic E-state index is 5.81. The molecule has 0 saturated carbocycles. The molecule has 0 fully saturated rings. The van der Waals surface area contributed by atoms with Gasteiger partial charge in [-0.1, -0.05) is 12.1 Å². The first-order valence-corrected chi connectivity index (χ1v) is 8.43. The van der Waals surface area contributed by atoms with Crippen LogP contribution in [0, 0.1) is 6.92 Å². The van der Waals surface area contributed by atoms with Gasteiger partial charge in [-0.25, -0.2) is 4.99 Å². The van der Waals surface area contributed by atoms with Gasteiger partial charge in [0.1, 0.15) is 12.4 Å². The van der Waals surface area contributed by atoms with Crippen molar-refractivity contribution in [2.75, 3.05) is 47.1 Å². The van der Waals surface area contributed by atoms with Crippen molar-refractivity contribution >= 4 is 5.96 Å². The summed E-state index contributed by atoms with van der Waals surface area (Å²) in [6.07, 6.45) is 0.941. The zero-order valence-corrected chi connectivity index (χ0v) is 15.4. The van der Waals surface area contributed by atoms with Crippen LogP contribution in [-0.2, 0) is 16.0 Å². The van der Waals surface area contributed by atoms with Gasteiger partial charge < -0.3 is 24.8 Å². The fourth-order valence-corrected chi connectivity index (χ4v) is 2.09. The summed E-state index contributed by atoms with van der Waals surface area (Å²) in [4.78, 5) is 4.64. The Morgan fingerprint density at radius 1 is 1.08 bits per heavy atom. The molecule has 0 bridgehead atoms. The Labute approximate surface area is 145 Å². The molecule has 0 aromatic heterocycles. The quantitative estimate of drug-likeness (QED) is 0.368. The molecule has 0 amide bonds. The van der Waals surface area contributed by atoms with E-state index in [-0.39, 0.29) is 0 Å². The Bertz CT molecular complexity index is 492. The summed E-state index contributed by atoms with van der Waals surface area (Å²) in [6, 6.07) is 6.18. The number of ether oxygens (including phenoxy) is 3. The molecule has 1 aromatic rings. The van der Waals surface area contributed by atoms with E-state index >= 15 is 0 Å². The molecule has 6 heteroatoms. The number of methoxy groups -OCH3 is 2. The second kappa shape index (κ2) is 12.6. The van der Waals surface area contributed by atoms with Gasteiger partial charge in [0.15, 0.2) is 5.96 Å². The van der Waals surface area contributed by atoms with E-state index in [2.05, 4.69) is 41.6 Å². The largest absolute Gasteiger partial charge is 0.491 e. The van der Waals surface area contributed by atoms with Crippen molar-refractivity contribution in [3.63, 3.8) is 0 Å². The average molecular weight is 337 g/mol. The fraction of sp³-hybridized carbons (Fsp3) is 0.611. The molecular weight excluding hydrogens is 306 g/mol. The summed E-state index contributed by atoms with van der Waals surface area (Å²) in [6.45, 7) is 8.15.